The fourth-order valence-electron chi connectivity index (χ4n) is 3.59. The molecule has 1 aliphatic heterocycles. The quantitative estimate of drug-likeness (QED) is 0.867. The highest BCUT2D eigenvalue weighted by atomic mass is 16.2. The molecule has 0 bridgehead atoms. The second-order valence-corrected chi connectivity index (χ2v) is 6.07. The summed E-state index contributed by atoms with van der Waals surface area (Å²) < 4.78 is 1.64. The van der Waals surface area contributed by atoms with Gasteiger partial charge in [-0.05, 0) is 25.0 Å². The summed E-state index contributed by atoms with van der Waals surface area (Å²) in [5.41, 5.74) is -0.0834. The predicted molar refractivity (Wildman–Crippen MR) is 87.4 cm³/mol. The summed E-state index contributed by atoms with van der Waals surface area (Å²) in [5.74, 6) is 1.32. The lowest BCUT2D eigenvalue weighted by Gasteiger charge is -2.34. The lowest BCUT2D eigenvalue weighted by Crippen LogP contribution is -2.47. The zero-order chi connectivity index (χ0) is 15.7. The number of hydrogen-bond acceptors (Lipinski definition) is 3. The summed E-state index contributed by atoms with van der Waals surface area (Å²) in [7, 11) is 0. The Labute approximate surface area is 134 Å². The monoisotopic (exact) mass is 309 g/mol. The second-order valence-electron chi connectivity index (χ2n) is 6.07. The van der Waals surface area contributed by atoms with E-state index in [9.17, 15) is 4.79 Å². The average molecular weight is 309 g/mol. The van der Waals surface area contributed by atoms with E-state index in [4.69, 9.17) is 0 Å². The van der Waals surface area contributed by atoms with Gasteiger partial charge in [-0.3, -0.25) is 5.32 Å². The average Bonchev–Trinajstić information content (AvgIpc) is 3.31. The van der Waals surface area contributed by atoms with Gasteiger partial charge in [-0.25, -0.2) is 9.78 Å². The molecule has 0 saturated heterocycles. The molecule has 6 nitrogen and oxygen atoms in total. The third-order valence-electron chi connectivity index (χ3n) is 4.71. The predicted octanol–water partition coefficient (Wildman–Crippen LogP) is 2.98. The number of anilines is 1. The lowest BCUT2D eigenvalue weighted by atomic mass is 9.98. The third kappa shape index (κ3) is 2.40. The van der Waals surface area contributed by atoms with Crippen LogP contribution in [0.15, 0.2) is 48.8 Å². The molecule has 6 heteroatoms. The molecule has 0 unspecified atom stereocenters. The summed E-state index contributed by atoms with van der Waals surface area (Å²) in [6.07, 6.45) is 12.1. The number of rotatable bonds is 2. The minimum Gasteiger partial charge on any atom is -0.312 e. The Bertz CT molecular complexity index is 730. The molecule has 0 aromatic carbocycles. The first-order valence-corrected chi connectivity index (χ1v) is 8.00. The third-order valence-corrected chi connectivity index (χ3v) is 4.71. The van der Waals surface area contributed by atoms with Crippen molar-refractivity contribution in [3.8, 4) is 5.82 Å². The number of urea groups is 1. The van der Waals surface area contributed by atoms with Gasteiger partial charge in [-0.15, -0.1) is 0 Å². The number of hydrogen-bond donors (Lipinski definition) is 1. The molecular weight excluding hydrogens is 290 g/mol. The Morgan fingerprint density at radius 1 is 1.17 bits per heavy atom. The van der Waals surface area contributed by atoms with Gasteiger partial charge < -0.3 is 4.90 Å². The maximum absolute atomic E-state index is 12.8. The van der Waals surface area contributed by atoms with Gasteiger partial charge in [0.05, 0.1) is 11.7 Å². The van der Waals surface area contributed by atoms with Gasteiger partial charge in [0.15, 0.2) is 5.82 Å². The molecule has 118 valence electrons. The summed E-state index contributed by atoms with van der Waals surface area (Å²) in [6.45, 7) is 0.670. The maximum Gasteiger partial charge on any atom is 0.324 e. The maximum atomic E-state index is 12.8. The standard InChI is InChI=1S/C17H19N5O/c23-16(21-13-5-10-17(21)8-2-3-9-17)20-15-7-12-19-22(15)14-6-1-4-11-18-14/h1,4-7,10-12H,2-3,8-9,13H2,(H,20,23). The van der Waals surface area contributed by atoms with Crippen molar-refractivity contribution in [2.24, 2.45) is 0 Å². The van der Waals surface area contributed by atoms with E-state index in [2.05, 4.69) is 27.6 Å². The van der Waals surface area contributed by atoms with Crippen LogP contribution in [0.2, 0.25) is 0 Å². The van der Waals surface area contributed by atoms with E-state index < -0.39 is 0 Å². The highest BCUT2D eigenvalue weighted by molar-refractivity contribution is 5.90. The van der Waals surface area contributed by atoms with Crippen molar-refractivity contribution in [3.63, 3.8) is 0 Å². The Kier molecular flexibility index (Phi) is 3.37. The van der Waals surface area contributed by atoms with Crippen molar-refractivity contribution in [2.45, 2.75) is 31.2 Å². The zero-order valence-electron chi connectivity index (χ0n) is 12.9. The first kappa shape index (κ1) is 14.0. The lowest BCUT2D eigenvalue weighted by molar-refractivity contribution is 0.175. The fraction of sp³-hybridized carbons (Fsp3) is 0.353. The number of pyridine rings is 1. The van der Waals surface area contributed by atoms with Gasteiger partial charge in [0.25, 0.3) is 0 Å². The van der Waals surface area contributed by atoms with Crippen LogP contribution in [0.3, 0.4) is 0 Å². The van der Waals surface area contributed by atoms with Crippen LogP contribution < -0.4 is 5.32 Å². The summed E-state index contributed by atoms with van der Waals surface area (Å²) in [6, 6.07) is 7.32. The molecule has 1 aliphatic carbocycles. The van der Waals surface area contributed by atoms with Gasteiger partial charge in [-0.1, -0.05) is 31.1 Å². The number of nitrogens with zero attached hydrogens (tertiary/aromatic N) is 4. The van der Waals surface area contributed by atoms with Crippen molar-refractivity contribution >= 4 is 11.8 Å². The molecule has 0 radical (unpaired) electrons. The topological polar surface area (TPSA) is 63.1 Å². The van der Waals surface area contributed by atoms with E-state index in [1.165, 1.54) is 12.8 Å². The van der Waals surface area contributed by atoms with E-state index in [1.54, 1.807) is 23.1 Å². The number of nitrogens with one attached hydrogen (secondary N) is 1. The van der Waals surface area contributed by atoms with E-state index >= 15 is 0 Å². The van der Waals surface area contributed by atoms with Crippen LogP contribution in [0.25, 0.3) is 5.82 Å². The molecule has 1 N–H and O–H groups in total. The molecule has 2 amide bonds. The van der Waals surface area contributed by atoms with Crippen molar-refractivity contribution in [1.82, 2.24) is 19.7 Å². The van der Waals surface area contributed by atoms with Crippen LogP contribution in [0, 0.1) is 0 Å². The molecule has 1 spiro atoms. The van der Waals surface area contributed by atoms with Crippen LogP contribution >= 0.6 is 0 Å². The fourth-order valence-corrected chi connectivity index (χ4v) is 3.59. The van der Waals surface area contributed by atoms with E-state index in [0.29, 0.717) is 18.2 Å². The van der Waals surface area contributed by atoms with Crippen molar-refractivity contribution in [2.75, 3.05) is 11.9 Å². The molecule has 1 saturated carbocycles. The van der Waals surface area contributed by atoms with Crippen molar-refractivity contribution < 1.29 is 4.79 Å². The molecule has 0 atom stereocenters. The van der Waals surface area contributed by atoms with Gasteiger partial charge in [-0.2, -0.15) is 9.78 Å². The largest absolute Gasteiger partial charge is 0.324 e. The molecule has 4 rings (SSSR count). The first-order valence-electron chi connectivity index (χ1n) is 8.00. The zero-order valence-corrected chi connectivity index (χ0v) is 12.9. The number of aromatic nitrogens is 3. The molecule has 2 aromatic heterocycles. The number of carbonyl (C=O) groups is 1. The van der Waals surface area contributed by atoms with Gasteiger partial charge in [0, 0.05) is 18.8 Å². The first-order chi connectivity index (χ1) is 11.3. The number of amides is 2. The van der Waals surface area contributed by atoms with Crippen molar-refractivity contribution in [1.29, 1.82) is 0 Å². The highest BCUT2D eigenvalue weighted by Gasteiger charge is 2.42. The Balaban J connectivity index is 1.55. The smallest absolute Gasteiger partial charge is 0.312 e. The van der Waals surface area contributed by atoms with Crippen LogP contribution in [0.4, 0.5) is 10.6 Å². The molecule has 3 heterocycles. The Morgan fingerprint density at radius 3 is 2.83 bits per heavy atom. The van der Waals surface area contributed by atoms with E-state index in [1.807, 2.05) is 23.1 Å². The summed E-state index contributed by atoms with van der Waals surface area (Å²) in [4.78, 5) is 19.0. The van der Waals surface area contributed by atoms with E-state index in [0.717, 1.165) is 12.8 Å². The number of carbonyl (C=O) groups excluding carboxylic acids is 1. The van der Waals surface area contributed by atoms with Crippen LogP contribution in [-0.4, -0.2) is 37.8 Å². The second kappa shape index (κ2) is 5.53. The molecule has 2 aromatic rings. The SMILES string of the molecule is O=C(Nc1ccnn1-c1ccccn1)N1CC=CC12CCCC2. The summed E-state index contributed by atoms with van der Waals surface area (Å²) in [5, 5.41) is 7.25. The summed E-state index contributed by atoms with van der Waals surface area (Å²) >= 11 is 0. The van der Waals surface area contributed by atoms with E-state index in [-0.39, 0.29) is 11.6 Å². The minimum absolute atomic E-state index is 0.0745. The molecule has 23 heavy (non-hydrogen) atoms. The van der Waals surface area contributed by atoms with Gasteiger partial charge >= 0.3 is 6.03 Å². The van der Waals surface area contributed by atoms with Crippen LogP contribution in [0.5, 0.6) is 0 Å². The highest BCUT2D eigenvalue weighted by Crippen LogP contribution is 2.39. The Hall–Kier alpha value is -2.63. The van der Waals surface area contributed by atoms with Crippen molar-refractivity contribution in [3.05, 3.63) is 48.8 Å². The molecular formula is C17H19N5O. The molecule has 1 fully saturated rings. The van der Waals surface area contributed by atoms with Gasteiger partial charge in [0.2, 0.25) is 0 Å². The van der Waals surface area contributed by atoms with Crippen LogP contribution in [-0.2, 0) is 0 Å². The molecule has 2 aliphatic rings. The minimum atomic E-state index is -0.0834. The Morgan fingerprint density at radius 2 is 2.04 bits per heavy atom. The van der Waals surface area contributed by atoms with Gasteiger partial charge in [0.1, 0.15) is 5.82 Å². The van der Waals surface area contributed by atoms with Crippen LogP contribution in [0.1, 0.15) is 25.7 Å². The normalized spacial score (nSPS) is 18.7.